The van der Waals surface area contributed by atoms with Crippen LogP contribution in [0.15, 0.2) is 6.20 Å². The highest BCUT2D eigenvalue weighted by Gasteiger charge is 2.22. The molecule has 3 heteroatoms. The SMILES string of the molecule is CCCC1CCC(Nc2nc(C)cn2C(C)C)CC1. The van der Waals surface area contributed by atoms with E-state index in [2.05, 4.69) is 48.8 Å². The number of anilines is 1. The summed E-state index contributed by atoms with van der Waals surface area (Å²) in [4.78, 5) is 4.63. The van der Waals surface area contributed by atoms with Crippen LogP contribution in [0.25, 0.3) is 0 Å². The monoisotopic (exact) mass is 263 g/mol. The van der Waals surface area contributed by atoms with Crippen LogP contribution in [0.5, 0.6) is 0 Å². The number of imidazole rings is 1. The van der Waals surface area contributed by atoms with E-state index in [-0.39, 0.29) is 0 Å². The van der Waals surface area contributed by atoms with E-state index in [1.54, 1.807) is 0 Å². The Hall–Kier alpha value is -0.990. The van der Waals surface area contributed by atoms with E-state index in [4.69, 9.17) is 0 Å². The Morgan fingerprint density at radius 3 is 2.58 bits per heavy atom. The summed E-state index contributed by atoms with van der Waals surface area (Å²) < 4.78 is 2.26. The summed E-state index contributed by atoms with van der Waals surface area (Å²) in [5, 5.41) is 3.67. The Balaban J connectivity index is 1.92. The fourth-order valence-corrected chi connectivity index (χ4v) is 3.20. The van der Waals surface area contributed by atoms with Crippen LogP contribution < -0.4 is 5.32 Å². The van der Waals surface area contributed by atoms with Crippen LogP contribution in [0, 0.1) is 12.8 Å². The van der Waals surface area contributed by atoms with Crippen LogP contribution in [0.3, 0.4) is 0 Å². The third kappa shape index (κ3) is 3.74. The van der Waals surface area contributed by atoms with Crippen LogP contribution in [-0.4, -0.2) is 15.6 Å². The van der Waals surface area contributed by atoms with Crippen molar-refractivity contribution in [1.82, 2.24) is 9.55 Å². The minimum absolute atomic E-state index is 0.472. The van der Waals surface area contributed by atoms with Crippen LogP contribution in [0.2, 0.25) is 0 Å². The first-order valence-electron chi connectivity index (χ1n) is 7.92. The third-order valence-corrected chi connectivity index (χ3v) is 4.29. The maximum atomic E-state index is 4.63. The van der Waals surface area contributed by atoms with E-state index in [9.17, 15) is 0 Å². The maximum absolute atomic E-state index is 4.63. The van der Waals surface area contributed by atoms with Crippen LogP contribution in [0.1, 0.15) is 71.0 Å². The second kappa shape index (κ2) is 6.44. The summed E-state index contributed by atoms with van der Waals surface area (Å²) in [6.45, 7) is 8.80. The van der Waals surface area contributed by atoms with Gasteiger partial charge in [-0.05, 0) is 52.4 Å². The van der Waals surface area contributed by atoms with Gasteiger partial charge in [-0.25, -0.2) is 4.98 Å². The van der Waals surface area contributed by atoms with E-state index in [1.807, 2.05) is 0 Å². The highest BCUT2D eigenvalue weighted by molar-refractivity contribution is 5.31. The lowest BCUT2D eigenvalue weighted by atomic mass is 9.83. The highest BCUT2D eigenvalue weighted by Crippen LogP contribution is 2.29. The molecule has 0 aromatic carbocycles. The first-order valence-corrected chi connectivity index (χ1v) is 7.92. The molecule has 1 aliphatic rings. The average molecular weight is 263 g/mol. The van der Waals surface area contributed by atoms with Crippen molar-refractivity contribution in [2.75, 3.05) is 5.32 Å². The van der Waals surface area contributed by atoms with E-state index in [1.165, 1.54) is 38.5 Å². The minimum Gasteiger partial charge on any atom is -0.353 e. The number of aromatic nitrogens is 2. The molecule has 0 amide bonds. The first kappa shape index (κ1) is 14.4. The van der Waals surface area contributed by atoms with Crippen molar-refractivity contribution in [2.45, 2.75) is 78.3 Å². The van der Waals surface area contributed by atoms with Crippen molar-refractivity contribution >= 4 is 5.95 Å². The van der Waals surface area contributed by atoms with Crippen LogP contribution in [0.4, 0.5) is 5.95 Å². The second-order valence-corrected chi connectivity index (χ2v) is 6.36. The Morgan fingerprint density at radius 1 is 1.32 bits per heavy atom. The normalized spacial score (nSPS) is 23.8. The van der Waals surface area contributed by atoms with Gasteiger partial charge in [0.05, 0.1) is 5.69 Å². The molecule has 2 rings (SSSR count). The van der Waals surface area contributed by atoms with Gasteiger partial charge in [0.2, 0.25) is 5.95 Å². The largest absolute Gasteiger partial charge is 0.353 e. The van der Waals surface area contributed by atoms with Crippen molar-refractivity contribution < 1.29 is 0 Å². The Bertz CT molecular complexity index is 387. The van der Waals surface area contributed by atoms with Crippen molar-refractivity contribution in [1.29, 1.82) is 0 Å². The van der Waals surface area contributed by atoms with Gasteiger partial charge in [0, 0.05) is 18.3 Å². The zero-order valence-electron chi connectivity index (χ0n) is 12.9. The standard InChI is InChI=1S/C16H29N3/c1-5-6-14-7-9-15(10-8-14)18-16-17-13(4)11-19(16)12(2)3/h11-12,14-15H,5-10H2,1-4H3,(H,17,18). The summed E-state index contributed by atoms with van der Waals surface area (Å²) >= 11 is 0. The quantitative estimate of drug-likeness (QED) is 0.845. The zero-order chi connectivity index (χ0) is 13.8. The molecule has 1 aromatic rings. The highest BCUT2D eigenvalue weighted by atomic mass is 15.2. The zero-order valence-corrected chi connectivity index (χ0v) is 12.9. The summed E-state index contributed by atoms with van der Waals surface area (Å²) in [7, 11) is 0. The van der Waals surface area contributed by atoms with Crippen LogP contribution in [-0.2, 0) is 0 Å². The molecule has 1 saturated carbocycles. The second-order valence-electron chi connectivity index (χ2n) is 6.36. The third-order valence-electron chi connectivity index (χ3n) is 4.29. The first-order chi connectivity index (χ1) is 9.10. The number of aryl methyl sites for hydroxylation is 1. The van der Waals surface area contributed by atoms with Gasteiger partial charge in [-0.1, -0.05) is 19.8 Å². The van der Waals surface area contributed by atoms with Gasteiger partial charge in [0.1, 0.15) is 0 Å². The van der Waals surface area contributed by atoms with Crippen LogP contribution >= 0.6 is 0 Å². The Kier molecular flexibility index (Phi) is 4.89. The predicted octanol–water partition coefficient (Wildman–Crippen LogP) is 4.54. The van der Waals surface area contributed by atoms with E-state index >= 15 is 0 Å². The number of hydrogen-bond acceptors (Lipinski definition) is 2. The lowest BCUT2D eigenvalue weighted by Gasteiger charge is -2.29. The molecule has 108 valence electrons. The predicted molar refractivity (Wildman–Crippen MR) is 81.6 cm³/mol. The number of hydrogen-bond donors (Lipinski definition) is 1. The van der Waals surface area contributed by atoms with Crippen molar-refractivity contribution in [3.63, 3.8) is 0 Å². The number of nitrogens with one attached hydrogen (secondary N) is 1. The van der Waals surface area contributed by atoms with Gasteiger partial charge in [-0.3, -0.25) is 0 Å². The van der Waals surface area contributed by atoms with Crippen molar-refractivity contribution in [2.24, 2.45) is 5.92 Å². The van der Waals surface area contributed by atoms with Gasteiger partial charge in [0.15, 0.2) is 0 Å². The van der Waals surface area contributed by atoms with Gasteiger partial charge in [-0.15, -0.1) is 0 Å². The number of nitrogens with zero attached hydrogens (tertiary/aromatic N) is 2. The maximum Gasteiger partial charge on any atom is 0.203 e. The Morgan fingerprint density at radius 2 is 2.00 bits per heavy atom. The lowest BCUT2D eigenvalue weighted by Crippen LogP contribution is -2.27. The molecule has 0 saturated heterocycles. The molecule has 0 aliphatic heterocycles. The van der Waals surface area contributed by atoms with Gasteiger partial charge < -0.3 is 9.88 Å². The molecular weight excluding hydrogens is 234 g/mol. The van der Waals surface area contributed by atoms with Crippen molar-refractivity contribution in [3.8, 4) is 0 Å². The summed E-state index contributed by atoms with van der Waals surface area (Å²) in [6, 6.07) is 1.09. The van der Waals surface area contributed by atoms with E-state index in [0.29, 0.717) is 12.1 Å². The summed E-state index contributed by atoms with van der Waals surface area (Å²) in [6.07, 6.45) is 10.3. The fraction of sp³-hybridized carbons (Fsp3) is 0.812. The molecule has 0 bridgehead atoms. The fourth-order valence-electron chi connectivity index (χ4n) is 3.20. The lowest BCUT2D eigenvalue weighted by molar-refractivity contribution is 0.317. The van der Waals surface area contributed by atoms with Gasteiger partial charge >= 0.3 is 0 Å². The molecule has 1 aliphatic carbocycles. The molecular formula is C16H29N3. The molecule has 0 radical (unpaired) electrons. The Labute approximate surface area is 117 Å². The number of rotatable bonds is 5. The van der Waals surface area contributed by atoms with Gasteiger partial charge in [0.25, 0.3) is 0 Å². The smallest absolute Gasteiger partial charge is 0.203 e. The summed E-state index contributed by atoms with van der Waals surface area (Å²) in [5.74, 6) is 2.03. The molecule has 1 N–H and O–H groups in total. The molecule has 3 nitrogen and oxygen atoms in total. The minimum atomic E-state index is 0.472. The van der Waals surface area contributed by atoms with E-state index in [0.717, 1.165) is 17.6 Å². The molecule has 19 heavy (non-hydrogen) atoms. The molecule has 1 fully saturated rings. The van der Waals surface area contributed by atoms with Crippen molar-refractivity contribution in [3.05, 3.63) is 11.9 Å². The average Bonchev–Trinajstić information content (AvgIpc) is 2.73. The van der Waals surface area contributed by atoms with Gasteiger partial charge in [-0.2, -0.15) is 0 Å². The van der Waals surface area contributed by atoms with E-state index < -0.39 is 0 Å². The molecule has 0 unspecified atom stereocenters. The molecule has 1 aromatic heterocycles. The molecule has 0 spiro atoms. The molecule has 0 atom stereocenters. The topological polar surface area (TPSA) is 29.9 Å². The molecule has 1 heterocycles. The summed E-state index contributed by atoms with van der Waals surface area (Å²) in [5.41, 5.74) is 1.11.